The van der Waals surface area contributed by atoms with Crippen LogP contribution in [0.25, 0.3) is 0 Å². The van der Waals surface area contributed by atoms with Gasteiger partial charge in [-0.15, -0.1) is 0 Å². The van der Waals surface area contributed by atoms with E-state index in [1.54, 1.807) is 12.4 Å². The lowest BCUT2D eigenvalue weighted by Crippen LogP contribution is -2.17. The number of nitrogens with one attached hydrogen (secondary N) is 1. The zero-order valence-electron chi connectivity index (χ0n) is 11.5. The second kappa shape index (κ2) is 5.96. The van der Waals surface area contributed by atoms with Crippen LogP contribution < -0.4 is 5.32 Å². The fraction of sp³-hybridized carbons (Fsp3) is 0.286. The number of amides is 1. The molecule has 2 rings (SSSR count). The molecule has 0 aliphatic heterocycles. The minimum Gasteiger partial charge on any atom is -0.319 e. The first-order valence-electron chi connectivity index (χ1n) is 6.23. The molecule has 0 bridgehead atoms. The van der Waals surface area contributed by atoms with Gasteiger partial charge in [-0.2, -0.15) is 0 Å². The maximum absolute atomic E-state index is 12.2. The van der Waals surface area contributed by atoms with Crippen LogP contribution in [0, 0.1) is 6.92 Å². The normalized spacial score (nSPS) is 10.7. The summed E-state index contributed by atoms with van der Waals surface area (Å²) in [6.07, 6.45) is 4.71. The van der Waals surface area contributed by atoms with E-state index in [4.69, 9.17) is 11.6 Å². The monoisotopic (exact) mass is 290 g/mol. The molecule has 5 nitrogen and oxygen atoms in total. The zero-order valence-corrected chi connectivity index (χ0v) is 12.3. The molecular formula is C14H15ClN4O. The topological polar surface area (TPSA) is 67.8 Å². The molecule has 6 heteroatoms. The second-order valence-corrected chi connectivity index (χ2v) is 5.13. The van der Waals surface area contributed by atoms with Gasteiger partial charge in [0.15, 0.2) is 5.69 Å². The number of hydrogen-bond donors (Lipinski definition) is 1. The Balaban J connectivity index is 2.30. The van der Waals surface area contributed by atoms with Crippen LogP contribution in [0.2, 0.25) is 5.02 Å². The van der Waals surface area contributed by atoms with Gasteiger partial charge in [0.25, 0.3) is 5.91 Å². The maximum atomic E-state index is 12.2. The standard InChI is InChI=1S/C14H15ClN4O/c1-8(2)13-17-6-10(15)12(19-13)14(20)18-11-7-16-5-4-9(11)3/h4-8H,1-3H3,(H,18,20). The van der Waals surface area contributed by atoms with Crippen molar-refractivity contribution >= 4 is 23.2 Å². The molecule has 0 aliphatic carbocycles. The Morgan fingerprint density at radius 3 is 2.75 bits per heavy atom. The van der Waals surface area contributed by atoms with Gasteiger partial charge in [-0.3, -0.25) is 9.78 Å². The van der Waals surface area contributed by atoms with E-state index in [1.807, 2.05) is 26.8 Å². The summed E-state index contributed by atoms with van der Waals surface area (Å²) >= 11 is 6.00. The van der Waals surface area contributed by atoms with Crippen molar-refractivity contribution in [3.05, 3.63) is 46.8 Å². The molecule has 20 heavy (non-hydrogen) atoms. The van der Waals surface area contributed by atoms with Crippen molar-refractivity contribution in [2.75, 3.05) is 5.32 Å². The lowest BCUT2D eigenvalue weighted by molar-refractivity contribution is 0.102. The molecule has 0 saturated heterocycles. The largest absolute Gasteiger partial charge is 0.319 e. The van der Waals surface area contributed by atoms with Gasteiger partial charge in [0, 0.05) is 12.1 Å². The summed E-state index contributed by atoms with van der Waals surface area (Å²) in [6.45, 7) is 5.80. The average Bonchev–Trinajstić information content (AvgIpc) is 2.41. The number of pyridine rings is 1. The summed E-state index contributed by atoms with van der Waals surface area (Å²) < 4.78 is 0. The summed E-state index contributed by atoms with van der Waals surface area (Å²) in [7, 11) is 0. The second-order valence-electron chi connectivity index (χ2n) is 4.72. The van der Waals surface area contributed by atoms with Crippen LogP contribution in [0.3, 0.4) is 0 Å². The Kier molecular flexibility index (Phi) is 4.29. The van der Waals surface area contributed by atoms with E-state index in [1.165, 1.54) is 6.20 Å². The van der Waals surface area contributed by atoms with Gasteiger partial charge < -0.3 is 5.32 Å². The smallest absolute Gasteiger partial charge is 0.276 e. The van der Waals surface area contributed by atoms with Gasteiger partial charge in [-0.05, 0) is 18.6 Å². The van der Waals surface area contributed by atoms with Crippen molar-refractivity contribution in [1.29, 1.82) is 0 Å². The Morgan fingerprint density at radius 2 is 2.10 bits per heavy atom. The molecule has 0 unspecified atom stereocenters. The number of hydrogen-bond acceptors (Lipinski definition) is 4. The van der Waals surface area contributed by atoms with Gasteiger partial charge in [-0.1, -0.05) is 25.4 Å². The number of aryl methyl sites for hydroxylation is 1. The number of aromatic nitrogens is 3. The summed E-state index contributed by atoms with van der Waals surface area (Å²) in [5, 5.41) is 2.99. The fourth-order valence-corrected chi connectivity index (χ4v) is 1.77. The van der Waals surface area contributed by atoms with E-state index < -0.39 is 0 Å². The zero-order chi connectivity index (χ0) is 14.7. The molecule has 0 saturated carbocycles. The van der Waals surface area contributed by atoms with Crippen molar-refractivity contribution in [1.82, 2.24) is 15.0 Å². The van der Waals surface area contributed by atoms with E-state index in [9.17, 15) is 4.79 Å². The number of nitrogens with zero attached hydrogens (tertiary/aromatic N) is 3. The highest BCUT2D eigenvalue weighted by Crippen LogP contribution is 2.19. The SMILES string of the molecule is Cc1ccncc1NC(=O)c1nc(C(C)C)ncc1Cl. The molecular weight excluding hydrogens is 276 g/mol. The van der Waals surface area contributed by atoms with Crippen LogP contribution in [-0.4, -0.2) is 20.9 Å². The summed E-state index contributed by atoms with van der Waals surface area (Å²) in [6, 6.07) is 1.82. The third kappa shape index (κ3) is 3.11. The Hall–Kier alpha value is -2.01. The Morgan fingerprint density at radius 1 is 1.35 bits per heavy atom. The third-order valence-electron chi connectivity index (χ3n) is 2.78. The van der Waals surface area contributed by atoms with Crippen LogP contribution in [0.1, 0.15) is 41.6 Å². The van der Waals surface area contributed by atoms with Gasteiger partial charge in [0.1, 0.15) is 5.82 Å². The molecule has 0 radical (unpaired) electrons. The highest BCUT2D eigenvalue weighted by atomic mass is 35.5. The Labute approximate surface area is 122 Å². The predicted octanol–water partition coefficient (Wildman–Crippen LogP) is 3.21. The van der Waals surface area contributed by atoms with E-state index in [-0.39, 0.29) is 22.5 Å². The molecule has 2 heterocycles. The van der Waals surface area contributed by atoms with Crippen molar-refractivity contribution in [3.8, 4) is 0 Å². The van der Waals surface area contributed by atoms with Crippen molar-refractivity contribution < 1.29 is 4.79 Å². The van der Waals surface area contributed by atoms with Gasteiger partial charge in [-0.25, -0.2) is 9.97 Å². The number of anilines is 1. The third-order valence-corrected chi connectivity index (χ3v) is 3.06. The van der Waals surface area contributed by atoms with Gasteiger partial charge >= 0.3 is 0 Å². The molecule has 1 amide bonds. The van der Waals surface area contributed by atoms with Crippen LogP contribution in [0.15, 0.2) is 24.7 Å². The minimum absolute atomic E-state index is 0.124. The van der Waals surface area contributed by atoms with Gasteiger partial charge in [0.2, 0.25) is 0 Å². The van der Waals surface area contributed by atoms with E-state index in [2.05, 4.69) is 20.3 Å². The molecule has 0 atom stereocenters. The minimum atomic E-state index is -0.365. The molecule has 0 aromatic carbocycles. The molecule has 1 N–H and O–H groups in total. The van der Waals surface area contributed by atoms with Crippen LogP contribution >= 0.6 is 11.6 Å². The fourth-order valence-electron chi connectivity index (χ4n) is 1.59. The van der Waals surface area contributed by atoms with Crippen LogP contribution in [0.4, 0.5) is 5.69 Å². The first-order chi connectivity index (χ1) is 9.49. The van der Waals surface area contributed by atoms with Crippen LogP contribution in [-0.2, 0) is 0 Å². The lowest BCUT2D eigenvalue weighted by atomic mass is 10.2. The molecule has 0 fully saturated rings. The van der Waals surface area contributed by atoms with Crippen molar-refractivity contribution in [2.24, 2.45) is 0 Å². The first-order valence-corrected chi connectivity index (χ1v) is 6.61. The number of carbonyl (C=O) groups excluding carboxylic acids is 1. The van der Waals surface area contributed by atoms with E-state index >= 15 is 0 Å². The first kappa shape index (κ1) is 14.4. The average molecular weight is 291 g/mol. The summed E-state index contributed by atoms with van der Waals surface area (Å²) in [5.41, 5.74) is 1.73. The predicted molar refractivity (Wildman–Crippen MR) is 78.1 cm³/mol. The summed E-state index contributed by atoms with van der Waals surface area (Å²) in [4.78, 5) is 24.6. The molecule has 2 aromatic heterocycles. The summed E-state index contributed by atoms with van der Waals surface area (Å²) in [5.74, 6) is 0.344. The van der Waals surface area contributed by atoms with E-state index in [0.717, 1.165) is 5.56 Å². The van der Waals surface area contributed by atoms with E-state index in [0.29, 0.717) is 11.5 Å². The molecule has 104 valence electrons. The number of halogens is 1. The molecule has 0 aliphatic rings. The number of rotatable bonds is 3. The van der Waals surface area contributed by atoms with Crippen LogP contribution in [0.5, 0.6) is 0 Å². The highest BCUT2D eigenvalue weighted by molar-refractivity contribution is 6.33. The maximum Gasteiger partial charge on any atom is 0.276 e. The molecule has 2 aromatic rings. The van der Waals surface area contributed by atoms with Crippen molar-refractivity contribution in [3.63, 3.8) is 0 Å². The quantitative estimate of drug-likeness (QED) is 0.942. The van der Waals surface area contributed by atoms with Crippen molar-refractivity contribution in [2.45, 2.75) is 26.7 Å². The van der Waals surface area contributed by atoms with Gasteiger partial charge in [0.05, 0.1) is 23.1 Å². The number of carbonyl (C=O) groups is 1. The Bertz CT molecular complexity index is 643. The highest BCUT2D eigenvalue weighted by Gasteiger charge is 2.16. The molecule has 0 spiro atoms. The lowest BCUT2D eigenvalue weighted by Gasteiger charge is -2.10.